The van der Waals surface area contributed by atoms with E-state index >= 15 is 0 Å². The van der Waals surface area contributed by atoms with E-state index in [0.717, 1.165) is 31.9 Å². The summed E-state index contributed by atoms with van der Waals surface area (Å²) in [7, 11) is 0. The maximum absolute atomic E-state index is 13.4. The second-order valence-corrected chi connectivity index (χ2v) is 11.8. The first-order valence-corrected chi connectivity index (χ1v) is 14.2. The van der Waals surface area contributed by atoms with Gasteiger partial charge in [0.1, 0.15) is 5.25 Å². The molecule has 2 aliphatic rings. The molecule has 1 saturated heterocycles. The van der Waals surface area contributed by atoms with Gasteiger partial charge in [0.2, 0.25) is 11.8 Å². The zero-order valence-corrected chi connectivity index (χ0v) is 21.9. The maximum Gasteiger partial charge on any atom is 0.308 e. The van der Waals surface area contributed by atoms with Crippen molar-refractivity contribution in [2.75, 3.05) is 0 Å². The summed E-state index contributed by atoms with van der Waals surface area (Å²) in [5, 5.41) is 3.82. The van der Waals surface area contributed by atoms with Crippen molar-refractivity contribution in [2.24, 2.45) is 5.92 Å². The Morgan fingerprint density at radius 1 is 0.763 bits per heavy atom. The van der Waals surface area contributed by atoms with Crippen molar-refractivity contribution in [1.82, 2.24) is 14.5 Å². The van der Waals surface area contributed by atoms with E-state index in [2.05, 4.69) is 40.3 Å². The van der Waals surface area contributed by atoms with Gasteiger partial charge in [0.15, 0.2) is 0 Å². The van der Waals surface area contributed by atoms with Crippen LogP contribution in [0.25, 0.3) is 10.9 Å². The molecule has 3 atom stereocenters. The summed E-state index contributed by atoms with van der Waals surface area (Å²) in [5.41, 5.74) is 4.22. The van der Waals surface area contributed by atoms with Crippen LogP contribution in [-0.4, -0.2) is 26.2 Å². The van der Waals surface area contributed by atoms with Crippen molar-refractivity contribution in [1.29, 1.82) is 0 Å². The Morgan fingerprint density at radius 2 is 1.42 bits per heavy atom. The number of carbonyl (C=O) groups is 2. The first-order chi connectivity index (χ1) is 18.6. The minimum atomic E-state index is -0.577. The highest BCUT2D eigenvalue weighted by molar-refractivity contribution is 8.00. The molecule has 0 saturated carbocycles. The Kier molecular flexibility index (Phi) is 5.60. The smallest absolute Gasteiger partial charge is 0.308 e. The second kappa shape index (κ2) is 9.15. The Labute approximate surface area is 226 Å². The number of rotatable bonds is 5. The first kappa shape index (κ1) is 23.3. The number of hydrogen-bond acceptors (Lipinski definition) is 5. The van der Waals surface area contributed by atoms with Crippen LogP contribution >= 0.6 is 23.1 Å². The van der Waals surface area contributed by atoms with Crippen LogP contribution in [-0.2, 0) is 22.7 Å². The number of aromatic nitrogens is 2. The molecule has 38 heavy (non-hydrogen) atoms. The van der Waals surface area contributed by atoms with E-state index in [4.69, 9.17) is 0 Å². The zero-order valence-electron chi connectivity index (χ0n) is 20.2. The van der Waals surface area contributed by atoms with Crippen molar-refractivity contribution in [3.63, 3.8) is 0 Å². The number of thiazole rings is 1. The van der Waals surface area contributed by atoms with Gasteiger partial charge in [-0.2, -0.15) is 0 Å². The average molecular weight is 538 g/mol. The van der Waals surface area contributed by atoms with E-state index in [0.29, 0.717) is 13.1 Å². The minimum Gasteiger partial charge on any atom is -0.343 e. The van der Waals surface area contributed by atoms with Crippen molar-refractivity contribution >= 4 is 45.8 Å². The molecule has 2 amide bonds. The van der Waals surface area contributed by atoms with E-state index in [-0.39, 0.29) is 22.6 Å². The molecule has 0 radical (unpaired) electrons. The number of hydrogen-bond donors (Lipinski definition) is 1. The summed E-state index contributed by atoms with van der Waals surface area (Å²) in [5.74, 6) is -1.50. The van der Waals surface area contributed by atoms with E-state index in [1.54, 1.807) is 4.57 Å². The number of nitrogens with zero attached hydrogens (tertiary/aromatic N) is 2. The number of amides is 2. The van der Waals surface area contributed by atoms with Crippen molar-refractivity contribution in [3.05, 3.63) is 122 Å². The summed E-state index contributed by atoms with van der Waals surface area (Å²) in [6, 6.07) is 28.3. The topological polar surface area (TPSA) is 73.1 Å². The molecule has 7 rings (SSSR count). The molecule has 8 heteroatoms. The Bertz CT molecular complexity index is 1750. The molecule has 5 aromatic rings. The fourth-order valence-electron chi connectivity index (χ4n) is 5.71. The number of imide groups is 1. The molecule has 0 bridgehead atoms. The van der Waals surface area contributed by atoms with Gasteiger partial charge in [0.05, 0.1) is 17.5 Å². The Hall–Kier alpha value is -3.88. The highest BCUT2D eigenvalue weighted by Crippen LogP contribution is 2.53. The van der Waals surface area contributed by atoms with Gasteiger partial charge < -0.3 is 4.57 Å². The minimum absolute atomic E-state index is 0.0720. The third-order valence-electron chi connectivity index (χ3n) is 7.42. The van der Waals surface area contributed by atoms with Gasteiger partial charge in [-0.15, -0.1) is 0 Å². The van der Waals surface area contributed by atoms with Gasteiger partial charge in [-0.05, 0) is 22.8 Å². The van der Waals surface area contributed by atoms with Gasteiger partial charge >= 0.3 is 4.87 Å². The number of benzene rings is 3. The third kappa shape index (κ3) is 3.75. The molecule has 3 aromatic carbocycles. The average Bonchev–Trinajstić information content (AvgIpc) is 3.55. The van der Waals surface area contributed by atoms with E-state index in [1.165, 1.54) is 28.7 Å². The molecular formula is C30H23N3O3S2. The quantitative estimate of drug-likeness (QED) is 0.326. The third-order valence-corrected chi connectivity index (χ3v) is 10.0. The van der Waals surface area contributed by atoms with Crippen LogP contribution in [0.2, 0.25) is 0 Å². The van der Waals surface area contributed by atoms with Crippen molar-refractivity contribution in [2.45, 2.75) is 29.3 Å². The van der Waals surface area contributed by atoms with E-state index in [9.17, 15) is 14.4 Å². The van der Waals surface area contributed by atoms with Gasteiger partial charge in [-0.3, -0.25) is 24.3 Å². The normalized spacial score (nSPS) is 20.4. The van der Waals surface area contributed by atoms with Crippen molar-refractivity contribution < 1.29 is 9.59 Å². The second-order valence-electron chi connectivity index (χ2n) is 9.72. The van der Waals surface area contributed by atoms with Crippen LogP contribution in [0, 0.1) is 5.92 Å². The molecule has 1 N–H and O–H groups in total. The largest absolute Gasteiger partial charge is 0.343 e. The fourth-order valence-corrected chi connectivity index (χ4v) is 8.44. The summed E-state index contributed by atoms with van der Waals surface area (Å²) in [6.45, 7) is 1.11. The Morgan fingerprint density at radius 3 is 2.16 bits per heavy atom. The van der Waals surface area contributed by atoms with Crippen LogP contribution < -0.4 is 10.2 Å². The molecule has 188 valence electrons. The SMILES string of the molecule is O=C1NC(=O)[C@@H]2Sc3c(sc(=O)n3Cc3ccccc3)[C@H](c3cn(Cc4ccccc4)c4ccccc34)[C@H]12. The van der Waals surface area contributed by atoms with Crippen LogP contribution in [0.15, 0.2) is 101 Å². The van der Waals surface area contributed by atoms with Crippen LogP contribution in [0.1, 0.15) is 27.5 Å². The van der Waals surface area contributed by atoms with Crippen LogP contribution in [0.5, 0.6) is 0 Å². The lowest BCUT2D eigenvalue weighted by Gasteiger charge is -2.30. The lowest BCUT2D eigenvalue weighted by atomic mass is 9.83. The monoisotopic (exact) mass is 537 g/mol. The molecule has 4 heterocycles. The van der Waals surface area contributed by atoms with Crippen LogP contribution in [0.4, 0.5) is 0 Å². The molecule has 2 aliphatic heterocycles. The molecule has 0 aliphatic carbocycles. The number of fused-ring (bicyclic) bond motifs is 3. The van der Waals surface area contributed by atoms with Gasteiger partial charge in [-0.25, -0.2) is 0 Å². The summed E-state index contributed by atoms with van der Waals surface area (Å²) in [6.07, 6.45) is 2.11. The van der Waals surface area contributed by atoms with Crippen molar-refractivity contribution in [3.8, 4) is 0 Å². The molecule has 6 nitrogen and oxygen atoms in total. The maximum atomic E-state index is 13.4. The fraction of sp³-hybridized carbons (Fsp3) is 0.167. The van der Waals surface area contributed by atoms with E-state index in [1.807, 2.05) is 60.7 Å². The summed E-state index contributed by atoms with van der Waals surface area (Å²) < 4.78 is 3.97. The molecule has 0 unspecified atom stereocenters. The Balaban J connectivity index is 1.41. The predicted octanol–water partition coefficient (Wildman–Crippen LogP) is 4.84. The first-order valence-electron chi connectivity index (χ1n) is 12.5. The number of nitrogens with one attached hydrogen (secondary N) is 1. The highest BCUT2D eigenvalue weighted by atomic mass is 32.2. The van der Waals surface area contributed by atoms with Crippen LogP contribution in [0.3, 0.4) is 0 Å². The van der Waals surface area contributed by atoms with Gasteiger partial charge in [-0.1, -0.05) is 102 Å². The number of para-hydroxylation sites is 1. The standard InChI is InChI=1S/C30H23N3O3S2/c34-27-24-23(21-17-32(15-18-9-3-1-4-10-18)22-14-8-7-13-20(21)22)26-29(37-25(24)28(35)31-27)33(30(36)38-26)16-19-11-5-2-6-12-19/h1-14,17,23-25H,15-16H2,(H,31,34,35)/t23-,24+,25-/m1/s1. The molecule has 0 spiro atoms. The molecule has 2 aromatic heterocycles. The predicted molar refractivity (Wildman–Crippen MR) is 150 cm³/mol. The number of carbonyl (C=O) groups excluding carboxylic acids is 2. The molecular weight excluding hydrogens is 514 g/mol. The van der Waals surface area contributed by atoms with Gasteiger partial charge in [0, 0.05) is 34.4 Å². The lowest BCUT2D eigenvalue weighted by Crippen LogP contribution is -2.32. The number of thioether (sulfide) groups is 1. The molecule has 1 fully saturated rings. The zero-order chi connectivity index (χ0) is 25.8. The summed E-state index contributed by atoms with van der Waals surface area (Å²) in [4.78, 5) is 40.3. The van der Waals surface area contributed by atoms with Gasteiger partial charge in [0.25, 0.3) is 0 Å². The van der Waals surface area contributed by atoms with E-state index < -0.39 is 11.2 Å². The highest BCUT2D eigenvalue weighted by Gasteiger charge is 2.53. The summed E-state index contributed by atoms with van der Waals surface area (Å²) >= 11 is 2.55. The lowest BCUT2D eigenvalue weighted by molar-refractivity contribution is -0.125.